The van der Waals surface area contributed by atoms with Crippen LogP contribution in [0.1, 0.15) is 92.4 Å². The smallest absolute Gasteiger partial charge is 0.245 e. The summed E-state index contributed by atoms with van der Waals surface area (Å²) in [5, 5.41) is 12.9. The number of hydrogen-bond donors (Lipinski definition) is 2. The number of nitrogens with zero attached hydrogens (tertiary/aromatic N) is 5. The molecule has 4 amide bonds. The third-order valence-electron chi connectivity index (χ3n) is 10.8. The number of likely N-dealkylation sites (N-methyl/N-ethyl adjacent to an activating group) is 2. The Balaban J connectivity index is 1.45. The van der Waals surface area contributed by atoms with E-state index >= 15 is 0 Å². The van der Waals surface area contributed by atoms with Gasteiger partial charge < -0.3 is 25.1 Å². The first kappa shape index (κ1) is 35.6. The summed E-state index contributed by atoms with van der Waals surface area (Å²) < 4.78 is 0. The maximum Gasteiger partial charge on any atom is 0.245 e. The van der Waals surface area contributed by atoms with E-state index in [0.717, 1.165) is 64.5 Å². The van der Waals surface area contributed by atoms with Gasteiger partial charge in [-0.05, 0) is 82.8 Å². The molecule has 11 nitrogen and oxygen atoms in total. The first-order valence-electron chi connectivity index (χ1n) is 17.5. The molecule has 11 heteroatoms. The molecular formula is C34H60N6O5. The summed E-state index contributed by atoms with van der Waals surface area (Å²) in [6.07, 6.45) is 7.66. The van der Waals surface area contributed by atoms with Crippen molar-refractivity contribution in [2.45, 2.75) is 129 Å². The van der Waals surface area contributed by atoms with Crippen LogP contribution in [0.2, 0.25) is 0 Å². The second kappa shape index (κ2) is 15.1. The first-order valence-corrected chi connectivity index (χ1v) is 17.5. The van der Waals surface area contributed by atoms with E-state index in [4.69, 9.17) is 0 Å². The molecule has 0 radical (unpaired) electrons. The molecule has 6 atom stereocenters. The van der Waals surface area contributed by atoms with Gasteiger partial charge in [0, 0.05) is 32.7 Å². The molecule has 0 saturated carbocycles. The first-order chi connectivity index (χ1) is 21.3. The SMILES string of the molecule is CC(C)[C@@H](CN1CCC[C@H]1C(=O)N1CCC[C@H]1C(=O)N1CCC[C@H]1CO)N(C)C(=O)[C@@H](NC(=O)C1CCCCN1C)C(C)(C)C. The van der Waals surface area contributed by atoms with Gasteiger partial charge in [0.25, 0.3) is 0 Å². The highest BCUT2D eigenvalue weighted by atomic mass is 16.3. The number of carbonyl (C=O) groups excluding carboxylic acids is 4. The molecule has 0 bridgehead atoms. The highest BCUT2D eigenvalue weighted by Gasteiger charge is 2.45. The number of piperidine rings is 1. The minimum absolute atomic E-state index is 0.0102. The van der Waals surface area contributed by atoms with E-state index in [2.05, 4.69) is 29.0 Å². The van der Waals surface area contributed by atoms with Gasteiger partial charge in [0.15, 0.2) is 0 Å². The highest BCUT2D eigenvalue weighted by Crippen LogP contribution is 2.30. The summed E-state index contributed by atoms with van der Waals surface area (Å²) >= 11 is 0. The average Bonchev–Trinajstić information content (AvgIpc) is 3.77. The Kier molecular flexibility index (Phi) is 12.0. The molecule has 0 aromatic heterocycles. The lowest BCUT2D eigenvalue weighted by molar-refractivity contribution is -0.147. The normalized spacial score (nSPS) is 28.0. The van der Waals surface area contributed by atoms with Crippen molar-refractivity contribution in [3.05, 3.63) is 0 Å². The minimum Gasteiger partial charge on any atom is -0.394 e. The van der Waals surface area contributed by atoms with Crippen molar-refractivity contribution in [1.82, 2.24) is 29.8 Å². The molecule has 1 unspecified atom stereocenters. The van der Waals surface area contributed by atoms with Crippen molar-refractivity contribution in [3.63, 3.8) is 0 Å². The lowest BCUT2D eigenvalue weighted by Crippen LogP contribution is -2.61. The van der Waals surface area contributed by atoms with Gasteiger partial charge >= 0.3 is 0 Å². The van der Waals surface area contributed by atoms with Gasteiger partial charge in [0.05, 0.1) is 24.7 Å². The zero-order chi connectivity index (χ0) is 33.1. The Bertz CT molecular complexity index is 1060. The molecule has 4 heterocycles. The zero-order valence-corrected chi connectivity index (χ0v) is 29.0. The second-order valence-electron chi connectivity index (χ2n) is 15.4. The van der Waals surface area contributed by atoms with E-state index in [1.165, 1.54) is 0 Å². The zero-order valence-electron chi connectivity index (χ0n) is 29.0. The van der Waals surface area contributed by atoms with Crippen LogP contribution in [0, 0.1) is 11.3 Å². The Morgan fingerprint density at radius 2 is 1.42 bits per heavy atom. The van der Waals surface area contributed by atoms with Crippen molar-refractivity contribution in [2.24, 2.45) is 11.3 Å². The molecule has 4 fully saturated rings. The van der Waals surface area contributed by atoms with Gasteiger partial charge in [-0.15, -0.1) is 0 Å². The molecule has 2 N–H and O–H groups in total. The van der Waals surface area contributed by atoms with Crippen LogP contribution in [0.4, 0.5) is 0 Å². The average molecular weight is 633 g/mol. The molecule has 0 spiro atoms. The Labute approximate surface area is 271 Å². The quantitative estimate of drug-likeness (QED) is 0.378. The van der Waals surface area contributed by atoms with Crippen LogP contribution in [0.3, 0.4) is 0 Å². The summed E-state index contributed by atoms with van der Waals surface area (Å²) in [5.74, 6) is -0.0793. The lowest BCUT2D eigenvalue weighted by Gasteiger charge is -2.41. The molecule has 4 rings (SSSR count). The Hall–Kier alpha value is -2.24. The van der Waals surface area contributed by atoms with Crippen molar-refractivity contribution in [1.29, 1.82) is 0 Å². The second-order valence-corrected chi connectivity index (χ2v) is 15.4. The summed E-state index contributed by atoms with van der Waals surface area (Å²) in [4.78, 5) is 64.8. The van der Waals surface area contributed by atoms with Gasteiger partial charge in [-0.25, -0.2) is 0 Å². The predicted octanol–water partition coefficient (Wildman–Crippen LogP) is 1.92. The summed E-state index contributed by atoms with van der Waals surface area (Å²) in [6, 6.07) is -1.99. The van der Waals surface area contributed by atoms with Crippen molar-refractivity contribution >= 4 is 23.6 Å². The number of carbonyl (C=O) groups is 4. The fourth-order valence-corrected chi connectivity index (χ4v) is 7.99. The maximum absolute atomic E-state index is 14.2. The van der Waals surface area contributed by atoms with Crippen LogP contribution in [0.15, 0.2) is 0 Å². The van der Waals surface area contributed by atoms with Gasteiger partial charge in [-0.3, -0.25) is 29.0 Å². The van der Waals surface area contributed by atoms with E-state index in [-0.39, 0.29) is 60.3 Å². The van der Waals surface area contributed by atoms with Crippen LogP contribution in [-0.4, -0.2) is 143 Å². The Morgan fingerprint density at radius 1 is 0.822 bits per heavy atom. The van der Waals surface area contributed by atoms with Crippen LogP contribution in [-0.2, 0) is 19.2 Å². The molecule has 45 heavy (non-hydrogen) atoms. The number of rotatable bonds is 10. The number of likely N-dealkylation sites (tertiary alicyclic amines) is 4. The third kappa shape index (κ3) is 8.01. The summed E-state index contributed by atoms with van der Waals surface area (Å²) in [5.41, 5.74) is -0.483. The molecule has 0 aromatic carbocycles. The van der Waals surface area contributed by atoms with E-state index in [1.54, 1.807) is 14.7 Å². The number of aliphatic hydroxyl groups excluding tert-OH is 1. The number of amides is 4. The molecule has 0 aliphatic carbocycles. The summed E-state index contributed by atoms with van der Waals surface area (Å²) in [7, 11) is 3.81. The lowest BCUT2D eigenvalue weighted by atomic mass is 9.84. The third-order valence-corrected chi connectivity index (χ3v) is 10.8. The molecule has 256 valence electrons. The van der Waals surface area contributed by atoms with Gasteiger partial charge in [0.1, 0.15) is 12.1 Å². The standard InChI is InChI=1S/C34H60N6O5/c1-23(2)28(37(7)33(45)29(34(3,4)5)35-30(42)25-14-8-9-17-36(25)6)21-38-18-11-15-26(38)31(43)40-20-12-16-27(40)32(44)39-19-10-13-24(39)22-41/h23-29,41H,8-22H2,1-7H3,(H,35,42)/t24-,25?,26-,27-,28+,29+/m0/s1. The summed E-state index contributed by atoms with van der Waals surface area (Å²) in [6.45, 7) is 13.6. The fraction of sp³-hybridized carbons (Fsp3) is 0.882. The van der Waals surface area contributed by atoms with E-state index in [0.29, 0.717) is 26.1 Å². The molecule has 4 saturated heterocycles. The maximum atomic E-state index is 14.2. The van der Waals surface area contributed by atoms with Crippen LogP contribution >= 0.6 is 0 Å². The van der Waals surface area contributed by atoms with E-state index in [9.17, 15) is 24.3 Å². The molecule has 0 aromatic rings. The fourth-order valence-electron chi connectivity index (χ4n) is 7.99. The van der Waals surface area contributed by atoms with Crippen LogP contribution in [0.5, 0.6) is 0 Å². The predicted molar refractivity (Wildman–Crippen MR) is 174 cm³/mol. The highest BCUT2D eigenvalue weighted by molar-refractivity contribution is 5.91. The number of nitrogens with one attached hydrogen (secondary N) is 1. The van der Waals surface area contributed by atoms with E-state index < -0.39 is 17.5 Å². The topological polar surface area (TPSA) is 117 Å². The monoisotopic (exact) mass is 632 g/mol. The van der Waals surface area contributed by atoms with Gasteiger partial charge in [0.2, 0.25) is 23.6 Å². The van der Waals surface area contributed by atoms with Gasteiger partial charge in [-0.2, -0.15) is 0 Å². The molecule has 4 aliphatic rings. The number of aliphatic hydroxyl groups is 1. The largest absolute Gasteiger partial charge is 0.394 e. The molecule has 4 aliphatic heterocycles. The molecular weight excluding hydrogens is 572 g/mol. The van der Waals surface area contributed by atoms with Crippen molar-refractivity contribution in [2.75, 3.05) is 53.4 Å². The Morgan fingerprint density at radius 3 is 2.07 bits per heavy atom. The van der Waals surface area contributed by atoms with Gasteiger partial charge in [-0.1, -0.05) is 41.0 Å². The van der Waals surface area contributed by atoms with Crippen LogP contribution in [0.25, 0.3) is 0 Å². The number of hydrogen-bond acceptors (Lipinski definition) is 7. The van der Waals surface area contributed by atoms with Crippen LogP contribution < -0.4 is 5.32 Å². The van der Waals surface area contributed by atoms with Crippen molar-refractivity contribution < 1.29 is 24.3 Å². The minimum atomic E-state index is -0.674. The van der Waals surface area contributed by atoms with E-state index in [1.807, 2.05) is 34.9 Å². The van der Waals surface area contributed by atoms with Crippen molar-refractivity contribution in [3.8, 4) is 0 Å².